The minimum atomic E-state index is -5.08. The third kappa shape index (κ3) is 26.8. The quantitative estimate of drug-likeness (QED) is 0.0218. The average molecular weight is 1180 g/mol. The standard InChI is InChI=1S/C50H76N16O10.C2HF3O2/c1-28(58-40(68)18-10-9-15-33-13-7-6-8-14-33)42(70)63-36(16-11-24-56-49(52)53)47(75)61-31(4)44(72)65-38-23-26-66(48(38)76)32(5)45(73)59-30(3)43(71)64-37(17-12-25-57-50(54)55)46(74)60-29(2)41(69)62-35-21-19-34(20-22-35)27-39(51)67;3-2(4,5)1(6)7/h6-8,13-14,19-22,28-32,36-38H,9-12,15-18,23-27H2,1-5H3,(H2,51,67)(H,58,68)(H,59,73)(H,60,74)(H,61,75)(H,62,69)(H,63,70)(H,64,71)(H,65,72)(H4,52,53,56)(H4,54,55,57);(H,6,7)/t28-,29-,30-,31-,32-,36-,37-,38+;/m0./s1. The van der Waals surface area contributed by atoms with E-state index in [1.165, 1.54) is 39.5 Å². The second kappa shape index (κ2) is 34.9. The first-order valence-electron chi connectivity index (χ1n) is 26.4. The summed E-state index contributed by atoms with van der Waals surface area (Å²) in [5, 5.41) is 28.0. The summed E-state index contributed by atoms with van der Waals surface area (Å²) in [6.45, 7) is 7.44. The van der Waals surface area contributed by atoms with E-state index >= 15 is 0 Å². The molecular weight excluding hydrogens is 1100 g/mol. The normalized spacial score (nSPS) is 15.3. The van der Waals surface area contributed by atoms with Crippen LogP contribution >= 0.6 is 0 Å². The van der Waals surface area contributed by atoms with E-state index in [0.717, 1.165) is 18.4 Å². The summed E-state index contributed by atoms with van der Waals surface area (Å²) in [6, 6.07) is 7.19. The lowest BCUT2D eigenvalue weighted by Crippen LogP contribution is -2.57. The molecule has 8 atom stereocenters. The molecule has 1 heterocycles. The molecular formula is C52H77F3N16O12. The summed E-state index contributed by atoms with van der Waals surface area (Å²) in [6.07, 6.45) is -1.96. The zero-order valence-electron chi connectivity index (χ0n) is 46.8. The first-order valence-corrected chi connectivity index (χ1v) is 26.4. The van der Waals surface area contributed by atoms with E-state index in [1.807, 2.05) is 30.3 Å². The second-order valence-electron chi connectivity index (χ2n) is 19.4. The second-order valence-corrected chi connectivity index (χ2v) is 19.4. The molecule has 0 saturated carbocycles. The van der Waals surface area contributed by atoms with Crippen LogP contribution in [0, 0.1) is 0 Å². The van der Waals surface area contributed by atoms with Crippen LogP contribution in [0.3, 0.4) is 0 Å². The van der Waals surface area contributed by atoms with Gasteiger partial charge in [0.05, 0.1) is 6.42 Å². The number of nitrogens with one attached hydrogen (secondary N) is 8. The maximum atomic E-state index is 13.6. The summed E-state index contributed by atoms with van der Waals surface area (Å²) in [5.41, 5.74) is 29.2. The third-order valence-electron chi connectivity index (χ3n) is 12.4. The van der Waals surface area contributed by atoms with E-state index in [9.17, 15) is 61.1 Å². The van der Waals surface area contributed by atoms with Crippen LogP contribution in [0.4, 0.5) is 18.9 Å². The van der Waals surface area contributed by atoms with Crippen LogP contribution in [0.25, 0.3) is 0 Å². The molecule has 28 nitrogen and oxygen atoms in total. The number of carbonyl (C=O) groups excluding carboxylic acids is 10. The Morgan fingerprint density at radius 1 is 0.602 bits per heavy atom. The number of guanidine groups is 2. The van der Waals surface area contributed by atoms with Crippen molar-refractivity contribution in [3.63, 3.8) is 0 Å². The van der Waals surface area contributed by atoms with Crippen LogP contribution in [0.5, 0.6) is 0 Å². The molecule has 458 valence electrons. The number of aliphatic carboxylic acids is 1. The highest BCUT2D eigenvalue weighted by Gasteiger charge is 2.40. The number of aryl methyl sites for hydroxylation is 1. The van der Waals surface area contributed by atoms with E-state index < -0.39 is 114 Å². The van der Waals surface area contributed by atoms with Crippen molar-refractivity contribution in [3.8, 4) is 0 Å². The van der Waals surface area contributed by atoms with Crippen LogP contribution in [0.1, 0.15) is 97.1 Å². The maximum Gasteiger partial charge on any atom is 0.490 e. The van der Waals surface area contributed by atoms with Crippen LogP contribution in [-0.2, 0) is 65.6 Å². The van der Waals surface area contributed by atoms with Crippen LogP contribution in [0.2, 0.25) is 0 Å². The number of halogens is 3. The van der Waals surface area contributed by atoms with Gasteiger partial charge in [-0.25, -0.2) is 4.79 Å². The van der Waals surface area contributed by atoms with E-state index in [-0.39, 0.29) is 82.4 Å². The van der Waals surface area contributed by atoms with Gasteiger partial charge in [0.25, 0.3) is 0 Å². The number of nitrogens with zero attached hydrogens (tertiary/aromatic N) is 3. The first-order chi connectivity index (χ1) is 38.9. The number of nitrogens with two attached hydrogens (primary N) is 5. The molecule has 0 bridgehead atoms. The highest BCUT2D eigenvalue weighted by Crippen LogP contribution is 2.17. The van der Waals surface area contributed by atoms with Gasteiger partial charge in [-0.2, -0.15) is 13.2 Å². The monoisotopic (exact) mass is 1170 g/mol. The van der Waals surface area contributed by atoms with Gasteiger partial charge in [-0.3, -0.25) is 57.9 Å². The highest BCUT2D eigenvalue weighted by molar-refractivity contribution is 6.00. The Morgan fingerprint density at radius 3 is 1.55 bits per heavy atom. The summed E-state index contributed by atoms with van der Waals surface area (Å²) < 4.78 is 31.7. The van der Waals surface area contributed by atoms with Crippen molar-refractivity contribution in [1.29, 1.82) is 0 Å². The Morgan fingerprint density at radius 2 is 1.07 bits per heavy atom. The van der Waals surface area contributed by atoms with E-state index in [2.05, 4.69) is 52.5 Å². The fourth-order valence-electron chi connectivity index (χ4n) is 7.75. The molecule has 1 saturated heterocycles. The lowest BCUT2D eigenvalue weighted by Gasteiger charge is -2.27. The number of unbranched alkanes of at least 4 members (excludes halogenated alkanes) is 1. The molecule has 0 aliphatic carbocycles. The minimum Gasteiger partial charge on any atom is -0.475 e. The number of alkyl halides is 3. The molecule has 0 aromatic heterocycles. The predicted octanol–water partition coefficient (Wildman–Crippen LogP) is -2.10. The van der Waals surface area contributed by atoms with Gasteiger partial charge in [0.15, 0.2) is 11.9 Å². The number of benzene rings is 2. The van der Waals surface area contributed by atoms with Crippen LogP contribution in [-0.4, -0.2) is 161 Å². The van der Waals surface area contributed by atoms with E-state index in [0.29, 0.717) is 17.7 Å². The third-order valence-corrected chi connectivity index (χ3v) is 12.4. The van der Waals surface area contributed by atoms with Crippen molar-refractivity contribution in [3.05, 3.63) is 65.7 Å². The van der Waals surface area contributed by atoms with Crippen molar-refractivity contribution in [2.75, 3.05) is 25.0 Å². The number of aliphatic imine (C=N–C) groups is 2. The number of rotatable bonds is 31. The molecule has 0 unspecified atom stereocenters. The number of amides is 10. The Hall–Kier alpha value is -9.06. The number of carbonyl (C=O) groups is 11. The molecule has 2 aromatic carbocycles. The molecule has 0 radical (unpaired) electrons. The van der Waals surface area contributed by atoms with Crippen molar-refractivity contribution in [1.82, 2.24) is 42.1 Å². The van der Waals surface area contributed by atoms with E-state index in [1.54, 1.807) is 24.3 Å². The van der Waals surface area contributed by atoms with Crippen molar-refractivity contribution < 1.29 is 71.0 Å². The largest absolute Gasteiger partial charge is 0.490 e. The van der Waals surface area contributed by atoms with Gasteiger partial charge in [-0.1, -0.05) is 42.5 Å². The first kappa shape index (κ1) is 70.0. The molecule has 3 rings (SSSR count). The van der Waals surface area contributed by atoms with Crippen molar-refractivity contribution in [2.45, 2.75) is 153 Å². The molecule has 1 aliphatic heterocycles. The number of likely N-dealkylation sites (tertiary alicyclic amines) is 1. The number of anilines is 1. The van der Waals surface area contributed by atoms with Gasteiger partial charge in [0.2, 0.25) is 59.1 Å². The summed E-state index contributed by atoms with van der Waals surface area (Å²) >= 11 is 0. The molecule has 10 amide bonds. The molecule has 1 aliphatic rings. The lowest BCUT2D eigenvalue weighted by molar-refractivity contribution is -0.192. The smallest absolute Gasteiger partial charge is 0.475 e. The van der Waals surface area contributed by atoms with Crippen LogP contribution in [0.15, 0.2) is 64.6 Å². The zero-order valence-corrected chi connectivity index (χ0v) is 46.8. The summed E-state index contributed by atoms with van der Waals surface area (Å²) in [7, 11) is 0. The SMILES string of the molecule is C[C@H](NC(=O)CCCCc1ccccc1)C(=O)N[C@@H](CCCN=C(N)N)C(=O)N[C@@H](C)C(=O)N[C@@H]1CCN([C@@H](C)C(=O)N[C@@H](C)C(=O)N[C@@H](CCCN=C(N)N)C(=O)N[C@@H](C)C(=O)Nc2ccc(CC(N)=O)cc2)C1=O.O=C(O)C(F)(F)F. The maximum absolute atomic E-state index is 13.6. The van der Waals surface area contributed by atoms with Gasteiger partial charge in [0.1, 0.15) is 48.3 Å². The fraction of sp³-hybridized carbons (Fsp3) is 0.519. The van der Waals surface area contributed by atoms with Gasteiger partial charge >= 0.3 is 12.1 Å². The Bertz CT molecular complexity index is 2620. The van der Waals surface area contributed by atoms with Gasteiger partial charge in [-0.15, -0.1) is 0 Å². The molecule has 0 spiro atoms. The van der Waals surface area contributed by atoms with Crippen LogP contribution < -0.4 is 71.2 Å². The van der Waals surface area contributed by atoms with Gasteiger partial charge < -0.3 is 81.2 Å². The topological polar surface area (TPSA) is 462 Å². The lowest BCUT2D eigenvalue weighted by atomic mass is 10.1. The molecule has 2 aromatic rings. The Labute approximate surface area is 477 Å². The number of primary amides is 1. The summed E-state index contributed by atoms with van der Waals surface area (Å²) in [5.74, 6) is -9.39. The van der Waals surface area contributed by atoms with Crippen molar-refractivity contribution >= 4 is 82.6 Å². The zero-order chi connectivity index (χ0) is 62.6. The van der Waals surface area contributed by atoms with Gasteiger partial charge in [-0.05, 0) is 109 Å². The number of hydrogen-bond acceptors (Lipinski definition) is 13. The average Bonchev–Trinajstić information content (AvgIpc) is 4.08. The Kier molecular flexibility index (Phi) is 29.5. The summed E-state index contributed by atoms with van der Waals surface area (Å²) in [4.78, 5) is 149. The number of carboxylic acids is 1. The highest BCUT2D eigenvalue weighted by atomic mass is 19.4. The fourth-order valence-corrected chi connectivity index (χ4v) is 7.75. The number of carboxylic acid groups (broad SMARTS) is 1. The molecule has 19 N–H and O–H groups in total. The van der Waals surface area contributed by atoms with Gasteiger partial charge in [0, 0.05) is 31.7 Å². The number of hydrogen-bond donors (Lipinski definition) is 14. The van der Waals surface area contributed by atoms with Crippen molar-refractivity contribution in [2.24, 2.45) is 38.7 Å². The Balaban J connectivity index is 0.00000314. The van der Waals surface area contributed by atoms with E-state index in [4.69, 9.17) is 38.6 Å². The minimum absolute atomic E-state index is 0.0191. The molecule has 31 heteroatoms. The molecule has 83 heavy (non-hydrogen) atoms. The predicted molar refractivity (Wildman–Crippen MR) is 297 cm³/mol. The molecule has 1 fully saturated rings.